The number of hydrogen-bond acceptors (Lipinski definition) is 3. The van der Waals surface area contributed by atoms with Crippen molar-refractivity contribution >= 4 is 11.9 Å². The molecule has 3 heteroatoms. The largest absolute Gasteiger partial charge is 0.306 e. The molecule has 0 spiro atoms. The highest BCUT2D eigenvalue weighted by Gasteiger charge is 2.14. The van der Waals surface area contributed by atoms with Crippen molar-refractivity contribution in [2.45, 2.75) is 18.9 Å². The van der Waals surface area contributed by atoms with E-state index in [1.54, 1.807) is 11.9 Å². The van der Waals surface area contributed by atoms with Crippen LogP contribution in [0.2, 0.25) is 0 Å². The maximum absolute atomic E-state index is 3.65. The molecule has 0 aliphatic carbocycles. The Hall–Kier alpha value is 0.01000. The Bertz CT molecular complexity index is 119. The Labute approximate surface area is 73.2 Å². The van der Waals surface area contributed by atoms with E-state index in [9.17, 15) is 0 Å². The van der Waals surface area contributed by atoms with Gasteiger partial charge < -0.3 is 4.90 Å². The normalized spacial score (nSPS) is 21.9. The maximum atomic E-state index is 3.65. The summed E-state index contributed by atoms with van der Waals surface area (Å²) in [6, 6.07) is 0.689. The van der Waals surface area contributed by atoms with Gasteiger partial charge in [0.25, 0.3) is 0 Å². The molecule has 1 fully saturated rings. The Balaban J connectivity index is 2.12. The molecule has 2 nitrogen and oxygen atoms in total. The molecule has 64 valence electrons. The Morgan fingerprint density at radius 1 is 1.55 bits per heavy atom. The molecule has 0 saturated carbocycles. The highest BCUT2D eigenvalue weighted by Crippen LogP contribution is 2.10. The minimum Gasteiger partial charge on any atom is -0.306 e. The number of nitrogens with zero attached hydrogens (tertiary/aromatic N) is 1. The zero-order valence-corrected chi connectivity index (χ0v) is 7.86. The third-order valence-corrected chi connectivity index (χ3v) is 2.67. The van der Waals surface area contributed by atoms with E-state index in [4.69, 9.17) is 0 Å². The van der Waals surface area contributed by atoms with Crippen LogP contribution in [0.5, 0.6) is 0 Å². The molecule has 11 heavy (non-hydrogen) atoms. The van der Waals surface area contributed by atoms with Crippen LogP contribution in [0.15, 0.2) is 12.0 Å². The molecule has 0 bridgehead atoms. The fraction of sp³-hybridized carbons (Fsp3) is 0.750. The molecule has 0 amide bonds. The highest BCUT2D eigenvalue weighted by molar-refractivity contribution is 8.00. The topological polar surface area (TPSA) is 15.3 Å². The van der Waals surface area contributed by atoms with E-state index in [2.05, 4.69) is 23.2 Å². The smallest absolute Gasteiger partial charge is 0.0199 e. The van der Waals surface area contributed by atoms with Gasteiger partial charge >= 0.3 is 0 Å². The van der Waals surface area contributed by atoms with E-state index in [0.29, 0.717) is 6.04 Å². The molecule has 0 radical (unpaired) electrons. The first-order valence-corrected chi connectivity index (χ1v) is 4.91. The average Bonchev–Trinajstić information content (AvgIpc) is 2.04. The zero-order chi connectivity index (χ0) is 8.10. The van der Waals surface area contributed by atoms with Gasteiger partial charge in [-0.15, -0.1) is 0 Å². The Morgan fingerprint density at radius 2 is 2.18 bits per heavy atom. The molecule has 0 aromatic carbocycles. The molecule has 1 saturated heterocycles. The van der Waals surface area contributed by atoms with Crippen LogP contribution >= 0.6 is 11.9 Å². The van der Waals surface area contributed by atoms with Gasteiger partial charge in [-0.2, -0.15) is 0 Å². The molecule has 0 aromatic heterocycles. The third-order valence-electron chi connectivity index (χ3n) is 2.04. The quantitative estimate of drug-likeness (QED) is 0.649. The molecule has 1 rings (SSSR count). The number of hydrogen-bond donors (Lipinski definition) is 1. The van der Waals surface area contributed by atoms with Gasteiger partial charge in [-0.25, -0.2) is 0 Å². The number of likely N-dealkylation sites (tertiary alicyclic amines) is 1. The molecule has 0 aromatic rings. The summed E-state index contributed by atoms with van der Waals surface area (Å²) in [5.41, 5.74) is 0. The van der Waals surface area contributed by atoms with Crippen molar-refractivity contribution < 1.29 is 0 Å². The van der Waals surface area contributed by atoms with Crippen molar-refractivity contribution in [1.82, 2.24) is 9.62 Å². The fourth-order valence-corrected chi connectivity index (χ4v) is 1.80. The van der Waals surface area contributed by atoms with Gasteiger partial charge in [0.1, 0.15) is 0 Å². The summed E-state index contributed by atoms with van der Waals surface area (Å²) >= 11 is 1.61. The van der Waals surface area contributed by atoms with Gasteiger partial charge in [0.05, 0.1) is 0 Å². The molecule has 0 unspecified atom stereocenters. The van der Waals surface area contributed by atoms with Gasteiger partial charge in [0.2, 0.25) is 0 Å². The fourth-order valence-electron chi connectivity index (χ4n) is 1.27. The van der Waals surface area contributed by atoms with E-state index in [1.165, 1.54) is 25.9 Å². The van der Waals surface area contributed by atoms with Crippen molar-refractivity contribution in [1.29, 1.82) is 0 Å². The number of piperidine rings is 1. The van der Waals surface area contributed by atoms with Crippen LogP contribution in [0.3, 0.4) is 0 Å². The molecule has 1 aliphatic heterocycles. The predicted octanol–water partition coefficient (Wildman–Crippen LogP) is 1.46. The van der Waals surface area contributed by atoms with Crippen molar-refractivity contribution in [2.24, 2.45) is 0 Å². The SMILES string of the molecule is C=CSNC1CCN(C)CC1. The summed E-state index contributed by atoms with van der Waals surface area (Å²) in [6.07, 6.45) is 2.52. The van der Waals surface area contributed by atoms with Gasteiger partial charge in [0.15, 0.2) is 0 Å². The van der Waals surface area contributed by atoms with E-state index < -0.39 is 0 Å². The van der Waals surface area contributed by atoms with Gasteiger partial charge in [-0.1, -0.05) is 18.5 Å². The monoisotopic (exact) mass is 172 g/mol. The van der Waals surface area contributed by atoms with Gasteiger partial charge in [0, 0.05) is 6.04 Å². The standard InChI is InChI=1S/C8H16N2S/c1-3-11-9-8-4-6-10(2)7-5-8/h3,8-9H,1,4-7H2,2H3. The van der Waals surface area contributed by atoms with Crippen LogP contribution < -0.4 is 4.72 Å². The lowest BCUT2D eigenvalue weighted by molar-refractivity contribution is 0.250. The summed E-state index contributed by atoms with van der Waals surface area (Å²) in [5, 5.41) is 1.85. The number of rotatable bonds is 3. The first kappa shape index (κ1) is 9.10. The third kappa shape index (κ3) is 3.27. The predicted molar refractivity (Wildman–Crippen MR) is 51.4 cm³/mol. The minimum atomic E-state index is 0.689. The molecule has 1 N–H and O–H groups in total. The lowest BCUT2D eigenvalue weighted by Gasteiger charge is -2.28. The van der Waals surface area contributed by atoms with Crippen molar-refractivity contribution in [3.63, 3.8) is 0 Å². The first-order valence-electron chi connectivity index (χ1n) is 4.03. The van der Waals surface area contributed by atoms with E-state index in [0.717, 1.165) is 0 Å². The van der Waals surface area contributed by atoms with E-state index >= 15 is 0 Å². The Morgan fingerprint density at radius 3 is 2.73 bits per heavy atom. The van der Waals surface area contributed by atoms with Gasteiger partial charge in [-0.05, 0) is 38.4 Å². The molecular weight excluding hydrogens is 156 g/mol. The van der Waals surface area contributed by atoms with Crippen molar-refractivity contribution in [3.8, 4) is 0 Å². The lowest BCUT2D eigenvalue weighted by Crippen LogP contribution is -2.38. The van der Waals surface area contributed by atoms with Crippen LogP contribution in [-0.4, -0.2) is 31.1 Å². The highest BCUT2D eigenvalue weighted by atomic mass is 32.2. The van der Waals surface area contributed by atoms with Crippen LogP contribution in [0, 0.1) is 0 Å². The maximum Gasteiger partial charge on any atom is 0.0199 e. The molecule has 0 atom stereocenters. The van der Waals surface area contributed by atoms with E-state index in [-0.39, 0.29) is 0 Å². The lowest BCUT2D eigenvalue weighted by atomic mass is 10.1. The second kappa shape index (κ2) is 4.80. The molecule has 1 heterocycles. The Kier molecular flexibility index (Phi) is 3.97. The van der Waals surface area contributed by atoms with Crippen LogP contribution in [-0.2, 0) is 0 Å². The first-order chi connectivity index (χ1) is 5.33. The summed E-state index contributed by atoms with van der Waals surface area (Å²) in [4.78, 5) is 2.37. The summed E-state index contributed by atoms with van der Waals surface area (Å²) in [7, 11) is 2.18. The van der Waals surface area contributed by atoms with Gasteiger partial charge in [-0.3, -0.25) is 4.72 Å². The molecular formula is C8H16N2S. The second-order valence-electron chi connectivity index (χ2n) is 2.98. The molecule has 1 aliphatic rings. The second-order valence-corrected chi connectivity index (χ2v) is 3.78. The van der Waals surface area contributed by atoms with E-state index in [1.807, 2.05) is 5.41 Å². The van der Waals surface area contributed by atoms with Crippen LogP contribution in [0.4, 0.5) is 0 Å². The van der Waals surface area contributed by atoms with Crippen LogP contribution in [0.1, 0.15) is 12.8 Å². The average molecular weight is 172 g/mol. The van der Waals surface area contributed by atoms with Crippen molar-refractivity contribution in [2.75, 3.05) is 20.1 Å². The number of nitrogens with one attached hydrogen (secondary N) is 1. The summed E-state index contributed by atoms with van der Waals surface area (Å²) in [6.45, 7) is 6.09. The summed E-state index contributed by atoms with van der Waals surface area (Å²) < 4.78 is 3.36. The minimum absolute atomic E-state index is 0.689. The zero-order valence-electron chi connectivity index (χ0n) is 7.05. The van der Waals surface area contributed by atoms with Crippen molar-refractivity contribution in [3.05, 3.63) is 12.0 Å². The van der Waals surface area contributed by atoms with Crippen LogP contribution in [0.25, 0.3) is 0 Å². The summed E-state index contributed by atoms with van der Waals surface area (Å²) in [5.74, 6) is 0.